The number of hydrogen-bond acceptors (Lipinski definition) is 4. The van der Waals surface area contributed by atoms with E-state index in [-0.39, 0.29) is 24.9 Å². The van der Waals surface area contributed by atoms with Gasteiger partial charge in [0.05, 0.1) is 18.2 Å². The normalized spacial score (nSPS) is 11.6. The fraction of sp³-hybridized carbons (Fsp3) is 0.267. The predicted molar refractivity (Wildman–Crippen MR) is 82.1 cm³/mol. The van der Waals surface area contributed by atoms with Crippen molar-refractivity contribution in [3.8, 4) is 0 Å². The van der Waals surface area contributed by atoms with Gasteiger partial charge in [0.15, 0.2) is 0 Å². The number of carbonyl (C=O) groups is 1. The highest BCUT2D eigenvalue weighted by Gasteiger charge is 2.09. The molecule has 0 saturated heterocycles. The Bertz CT molecular complexity index is 579. The molecular formula is C15H19ClN2O3. The van der Waals surface area contributed by atoms with Gasteiger partial charge in [-0.3, -0.25) is 4.79 Å². The standard InChI is InChI=1S/C15H18N2O3.ClH/c1-10(18)12-4-2-11(3-5-12)8-17-15(19)13-6-14(7-16)20-9-13;/h2-6,9-10,18H,7-8,16H2,1H3,(H,17,19);1H. The minimum atomic E-state index is -0.487. The summed E-state index contributed by atoms with van der Waals surface area (Å²) in [6, 6.07) is 9.07. The third kappa shape index (κ3) is 4.60. The van der Waals surface area contributed by atoms with Crippen molar-refractivity contribution < 1.29 is 14.3 Å². The molecule has 1 aromatic carbocycles. The summed E-state index contributed by atoms with van der Waals surface area (Å²) in [5.74, 6) is 0.379. The number of nitrogens with one attached hydrogen (secondary N) is 1. The minimum absolute atomic E-state index is 0. The summed E-state index contributed by atoms with van der Waals surface area (Å²) >= 11 is 0. The van der Waals surface area contributed by atoms with Crippen LogP contribution >= 0.6 is 12.4 Å². The fourth-order valence-electron chi connectivity index (χ4n) is 1.81. The molecule has 0 radical (unpaired) electrons. The van der Waals surface area contributed by atoms with E-state index in [2.05, 4.69) is 5.32 Å². The molecule has 0 spiro atoms. The molecule has 4 N–H and O–H groups in total. The van der Waals surface area contributed by atoms with Crippen molar-refractivity contribution in [3.63, 3.8) is 0 Å². The zero-order valence-corrected chi connectivity index (χ0v) is 12.5. The number of furan rings is 1. The van der Waals surface area contributed by atoms with Crippen molar-refractivity contribution in [2.75, 3.05) is 0 Å². The van der Waals surface area contributed by atoms with Crippen LogP contribution in [0, 0.1) is 0 Å². The first-order valence-corrected chi connectivity index (χ1v) is 6.42. The minimum Gasteiger partial charge on any atom is -0.467 e. The molecule has 0 fully saturated rings. The number of benzene rings is 1. The first kappa shape index (κ1) is 17.2. The quantitative estimate of drug-likeness (QED) is 0.789. The van der Waals surface area contributed by atoms with Gasteiger partial charge >= 0.3 is 0 Å². The largest absolute Gasteiger partial charge is 0.467 e. The Balaban J connectivity index is 0.00000220. The average molecular weight is 311 g/mol. The highest BCUT2D eigenvalue weighted by Crippen LogP contribution is 2.13. The molecule has 21 heavy (non-hydrogen) atoms. The highest BCUT2D eigenvalue weighted by atomic mass is 35.5. The molecule has 0 aliphatic rings. The molecule has 0 saturated carbocycles. The molecule has 0 aliphatic heterocycles. The second-order valence-corrected chi connectivity index (χ2v) is 4.61. The van der Waals surface area contributed by atoms with Crippen LogP contribution in [0.4, 0.5) is 0 Å². The van der Waals surface area contributed by atoms with Gasteiger partial charge in [0.1, 0.15) is 12.0 Å². The molecule has 6 heteroatoms. The molecule has 2 aromatic rings. The van der Waals surface area contributed by atoms with Crippen LogP contribution in [0.2, 0.25) is 0 Å². The number of amides is 1. The second kappa shape index (κ2) is 7.83. The lowest BCUT2D eigenvalue weighted by Gasteiger charge is -2.07. The van der Waals surface area contributed by atoms with Crippen LogP contribution in [0.5, 0.6) is 0 Å². The molecule has 2 rings (SSSR count). The molecule has 0 bridgehead atoms. The number of aliphatic hydroxyl groups is 1. The first-order chi connectivity index (χ1) is 9.60. The lowest BCUT2D eigenvalue weighted by Crippen LogP contribution is -2.22. The summed E-state index contributed by atoms with van der Waals surface area (Å²) in [6.45, 7) is 2.40. The second-order valence-electron chi connectivity index (χ2n) is 4.61. The zero-order chi connectivity index (χ0) is 14.5. The van der Waals surface area contributed by atoms with E-state index in [4.69, 9.17) is 10.2 Å². The third-order valence-electron chi connectivity index (χ3n) is 3.03. The van der Waals surface area contributed by atoms with Gasteiger partial charge < -0.3 is 20.6 Å². The molecule has 1 heterocycles. The Kier molecular flexibility index (Phi) is 6.42. The summed E-state index contributed by atoms with van der Waals surface area (Å²) in [6.07, 6.45) is 0.910. The van der Waals surface area contributed by atoms with Crippen LogP contribution in [0.25, 0.3) is 0 Å². The maximum Gasteiger partial charge on any atom is 0.254 e. The SMILES string of the molecule is CC(O)c1ccc(CNC(=O)c2coc(CN)c2)cc1.Cl. The van der Waals surface area contributed by atoms with Crippen molar-refractivity contribution in [1.82, 2.24) is 5.32 Å². The Hall–Kier alpha value is -1.82. The molecule has 1 aromatic heterocycles. The van der Waals surface area contributed by atoms with E-state index in [9.17, 15) is 9.90 Å². The third-order valence-corrected chi connectivity index (χ3v) is 3.03. The number of aliphatic hydroxyl groups excluding tert-OH is 1. The topological polar surface area (TPSA) is 88.5 Å². The molecule has 1 amide bonds. The number of rotatable bonds is 5. The average Bonchev–Trinajstić information content (AvgIpc) is 2.94. The lowest BCUT2D eigenvalue weighted by molar-refractivity contribution is 0.0950. The van der Waals surface area contributed by atoms with Gasteiger partial charge in [-0.05, 0) is 24.1 Å². The molecule has 5 nitrogen and oxygen atoms in total. The van der Waals surface area contributed by atoms with Gasteiger partial charge in [0, 0.05) is 6.54 Å². The molecule has 1 atom stereocenters. The van der Waals surface area contributed by atoms with E-state index in [1.807, 2.05) is 24.3 Å². The van der Waals surface area contributed by atoms with Crippen LogP contribution in [-0.4, -0.2) is 11.0 Å². The smallest absolute Gasteiger partial charge is 0.254 e. The van der Waals surface area contributed by atoms with Gasteiger partial charge in [-0.1, -0.05) is 24.3 Å². The number of halogens is 1. The maximum atomic E-state index is 11.9. The Morgan fingerprint density at radius 2 is 2.05 bits per heavy atom. The monoisotopic (exact) mass is 310 g/mol. The van der Waals surface area contributed by atoms with E-state index in [1.165, 1.54) is 6.26 Å². The van der Waals surface area contributed by atoms with Gasteiger partial charge in [-0.25, -0.2) is 0 Å². The summed E-state index contributed by atoms with van der Waals surface area (Å²) < 4.78 is 5.12. The molecular weight excluding hydrogens is 292 g/mol. The van der Waals surface area contributed by atoms with Crippen molar-refractivity contribution >= 4 is 18.3 Å². The Labute approximate surface area is 129 Å². The van der Waals surface area contributed by atoms with E-state index >= 15 is 0 Å². The summed E-state index contributed by atoms with van der Waals surface area (Å²) in [4.78, 5) is 11.9. The van der Waals surface area contributed by atoms with Crippen LogP contribution < -0.4 is 11.1 Å². The molecule has 1 unspecified atom stereocenters. The summed E-state index contributed by atoms with van der Waals surface area (Å²) in [5, 5.41) is 12.2. The van der Waals surface area contributed by atoms with Crippen LogP contribution in [-0.2, 0) is 13.1 Å². The van der Waals surface area contributed by atoms with Gasteiger partial charge in [0.2, 0.25) is 0 Å². The van der Waals surface area contributed by atoms with Crippen molar-refractivity contribution in [2.24, 2.45) is 5.73 Å². The van der Waals surface area contributed by atoms with Gasteiger partial charge in [-0.2, -0.15) is 0 Å². The fourth-order valence-corrected chi connectivity index (χ4v) is 1.81. The van der Waals surface area contributed by atoms with Gasteiger partial charge in [0.25, 0.3) is 5.91 Å². The van der Waals surface area contributed by atoms with E-state index in [0.29, 0.717) is 17.9 Å². The summed E-state index contributed by atoms with van der Waals surface area (Å²) in [5.41, 5.74) is 7.70. The van der Waals surface area contributed by atoms with Crippen LogP contribution in [0.1, 0.15) is 40.3 Å². The van der Waals surface area contributed by atoms with Gasteiger partial charge in [-0.15, -0.1) is 12.4 Å². The lowest BCUT2D eigenvalue weighted by atomic mass is 10.1. The maximum absolute atomic E-state index is 11.9. The number of hydrogen-bond donors (Lipinski definition) is 3. The van der Waals surface area contributed by atoms with E-state index < -0.39 is 6.10 Å². The Morgan fingerprint density at radius 3 is 2.57 bits per heavy atom. The Morgan fingerprint density at radius 1 is 1.38 bits per heavy atom. The highest BCUT2D eigenvalue weighted by molar-refractivity contribution is 5.93. The molecule has 114 valence electrons. The van der Waals surface area contributed by atoms with Crippen molar-refractivity contribution in [1.29, 1.82) is 0 Å². The predicted octanol–water partition coefficient (Wildman–Crippen LogP) is 2.14. The molecule has 0 aliphatic carbocycles. The number of nitrogens with two attached hydrogens (primary N) is 1. The number of carbonyl (C=O) groups excluding carboxylic acids is 1. The van der Waals surface area contributed by atoms with Crippen molar-refractivity contribution in [2.45, 2.75) is 26.1 Å². The first-order valence-electron chi connectivity index (χ1n) is 6.42. The zero-order valence-electron chi connectivity index (χ0n) is 11.7. The van der Waals surface area contributed by atoms with E-state index in [1.54, 1.807) is 13.0 Å². The van der Waals surface area contributed by atoms with Crippen molar-refractivity contribution in [3.05, 3.63) is 59.0 Å². The van der Waals surface area contributed by atoms with E-state index in [0.717, 1.165) is 11.1 Å². The summed E-state index contributed by atoms with van der Waals surface area (Å²) in [7, 11) is 0. The van der Waals surface area contributed by atoms with Crippen LogP contribution in [0.3, 0.4) is 0 Å². The van der Waals surface area contributed by atoms with Crippen LogP contribution in [0.15, 0.2) is 41.0 Å².